The van der Waals surface area contributed by atoms with Gasteiger partial charge in [-0.2, -0.15) is 5.26 Å². The van der Waals surface area contributed by atoms with Crippen LogP contribution in [0.25, 0.3) is 0 Å². The molecule has 0 aliphatic heterocycles. The minimum absolute atomic E-state index is 0.366. The van der Waals surface area contributed by atoms with Gasteiger partial charge in [-0.3, -0.25) is 0 Å². The van der Waals surface area contributed by atoms with Gasteiger partial charge in [0, 0.05) is 5.92 Å². The topological polar surface area (TPSA) is 59.3 Å². The summed E-state index contributed by atoms with van der Waals surface area (Å²) >= 11 is 0. The normalized spacial score (nSPS) is 8.31. The molecule has 80 valence electrons. The first kappa shape index (κ1) is 11.6. The van der Waals surface area contributed by atoms with E-state index < -0.39 is 5.97 Å². The molecule has 0 aliphatic carbocycles. The third kappa shape index (κ3) is 2.52. The van der Waals surface area contributed by atoms with E-state index in [2.05, 4.69) is 16.6 Å². The molecule has 1 aromatic carbocycles. The summed E-state index contributed by atoms with van der Waals surface area (Å²) in [7, 11) is 2.79. The molecule has 0 saturated carbocycles. The molecular formula is C12H9NO3. The fraction of sp³-hybridized carbons (Fsp3) is 0.167. The van der Waals surface area contributed by atoms with Crippen LogP contribution in [0.3, 0.4) is 0 Å². The van der Waals surface area contributed by atoms with E-state index in [4.69, 9.17) is 10.00 Å². The van der Waals surface area contributed by atoms with Crippen LogP contribution in [0, 0.1) is 23.2 Å². The molecule has 0 radical (unpaired) electrons. The molecule has 1 aromatic rings. The van der Waals surface area contributed by atoms with E-state index in [1.165, 1.54) is 20.3 Å². The average molecular weight is 215 g/mol. The molecule has 0 aromatic heterocycles. The largest absolute Gasteiger partial charge is 0.495 e. The third-order valence-electron chi connectivity index (χ3n) is 1.87. The van der Waals surface area contributed by atoms with Crippen molar-refractivity contribution in [2.75, 3.05) is 14.2 Å². The number of methoxy groups -OCH3 is 2. The average Bonchev–Trinajstić information content (AvgIpc) is 2.34. The molecule has 0 saturated heterocycles. The molecule has 0 unspecified atom stereocenters. The first-order valence-electron chi connectivity index (χ1n) is 4.39. The molecule has 0 atom stereocenters. The second-order valence-electron chi connectivity index (χ2n) is 2.77. The second kappa shape index (κ2) is 5.43. The van der Waals surface area contributed by atoms with Crippen LogP contribution < -0.4 is 4.74 Å². The van der Waals surface area contributed by atoms with Gasteiger partial charge in [0.2, 0.25) is 0 Å². The maximum absolute atomic E-state index is 11.3. The Labute approximate surface area is 93.4 Å². The summed E-state index contributed by atoms with van der Waals surface area (Å²) in [6, 6.07) is 6.40. The van der Waals surface area contributed by atoms with Gasteiger partial charge in [-0.25, -0.2) is 4.79 Å². The van der Waals surface area contributed by atoms with E-state index in [-0.39, 0.29) is 0 Å². The standard InChI is InChI=1S/C12H9NO3/c1-15-11-6-5-10(12(14)16-2)8-9(11)4-3-7-13/h5-6,8H,1-2H3. The van der Waals surface area contributed by atoms with Crippen molar-refractivity contribution >= 4 is 5.97 Å². The molecule has 0 amide bonds. The zero-order chi connectivity index (χ0) is 12.0. The lowest BCUT2D eigenvalue weighted by atomic mass is 10.1. The molecule has 16 heavy (non-hydrogen) atoms. The van der Waals surface area contributed by atoms with Gasteiger partial charge in [-0.15, -0.1) is 0 Å². The van der Waals surface area contributed by atoms with Crippen LogP contribution in [0.15, 0.2) is 18.2 Å². The predicted molar refractivity (Wildman–Crippen MR) is 56.8 cm³/mol. The van der Waals surface area contributed by atoms with Crippen molar-refractivity contribution in [1.82, 2.24) is 0 Å². The number of ether oxygens (including phenoxy) is 2. The SMILES string of the molecule is COC(=O)c1ccc(OC)c(C#CC#N)c1. The van der Waals surface area contributed by atoms with Crippen molar-refractivity contribution in [3.63, 3.8) is 0 Å². The van der Waals surface area contributed by atoms with Gasteiger partial charge >= 0.3 is 5.97 Å². The summed E-state index contributed by atoms with van der Waals surface area (Å²) in [4.78, 5) is 11.3. The third-order valence-corrected chi connectivity index (χ3v) is 1.87. The van der Waals surface area contributed by atoms with Crippen molar-refractivity contribution in [1.29, 1.82) is 5.26 Å². The molecule has 0 N–H and O–H groups in total. The van der Waals surface area contributed by atoms with E-state index >= 15 is 0 Å². The van der Waals surface area contributed by atoms with Gasteiger partial charge in [-0.1, -0.05) is 0 Å². The summed E-state index contributed by atoms with van der Waals surface area (Å²) in [6.07, 6.45) is 0. The molecule has 0 heterocycles. The highest BCUT2D eigenvalue weighted by molar-refractivity contribution is 5.90. The molecule has 0 fully saturated rings. The molecule has 0 bridgehead atoms. The Balaban J connectivity index is 3.22. The van der Waals surface area contributed by atoms with Crippen molar-refractivity contribution in [3.8, 4) is 23.7 Å². The van der Waals surface area contributed by atoms with Crippen molar-refractivity contribution < 1.29 is 14.3 Å². The Morgan fingerprint density at radius 2 is 2.12 bits per heavy atom. The minimum atomic E-state index is -0.456. The summed E-state index contributed by atoms with van der Waals surface area (Å²) in [5.74, 6) is 4.89. The first-order valence-corrected chi connectivity index (χ1v) is 4.39. The fourth-order valence-corrected chi connectivity index (χ4v) is 1.15. The van der Waals surface area contributed by atoms with Gasteiger partial charge < -0.3 is 9.47 Å². The lowest BCUT2D eigenvalue weighted by Gasteiger charge is -2.04. The number of rotatable bonds is 2. The number of hydrogen-bond acceptors (Lipinski definition) is 4. The molecule has 4 nitrogen and oxygen atoms in total. The quantitative estimate of drug-likeness (QED) is 0.552. The monoisotopic (exact) mass is 215 g/mol. The lowest BCUT2D eigenvalue weighted by Crippen LogP contribution is -2.02. The number of esters is 1. The molecular weight excluding hydrogens is 206 g/mol. The van der Waals surface area contributed by atoms with E-state index in [9.17, 15) is 4.79 Å². The lowest BCUT2D eigenvalue weighted by molar-refractivity contribution is 0.0600. The van der Waals surface area contributed by atoms with Crippen LogP contribution in [-0.2, 0) is 4.74 Å². The Morgan fingerprint density at radius 1 is 1.38 bits per heavy atom. The zero-order valence-electron chi connectivity index (χ0n) is 8.90. The number of benzene rings is 1. The smallest absolute Gasteiger partial charge is 0.337 e. The van der Waals surface area contributed by atoms with Crippen LogP contribution in [0.2, 0.25) is 0 Å². The molecule has 4 heteroatoms. The number of nitrogens with zero attached hydrogens (tertiary/aromatic N) is 1. The Kier molecular flexibility index (Phi) is 3.94. The highest BCUT2D eigenvalue weighted by Gasteiger charge is 2.08. The van der Waals surface area contributed by atoms with Crippen molar-refractivity contribution in [3.05, 3.63) is 29.3 Å². The Hall–Kier alpha value is -2.46. The summed E-state index contributed by atoms with van der Waals surface area (Å²) in [6.45, 7) is 0. The zero-order valence-corrected chi connectivity index (χ0v) is 8.90. The first-order chi connectivity index (χ1) is 7.72. The number of carbonyl (C=O) groups excluding carboxylic acids is 1. The van der Waals surface area contributed by atoms with Crippen LogP contribution in [0.5, 0.6) is 5.75 Å². The van der Waals surface area contributed by atoms with Crippen LogP contribution in [0.4, 0.5) is 0 Å². The van der Waals surface area contributed by atoms with Crippen LogP contribution >= 0.6 is 0 Å². The fourth-order valence-electron chi connectivity index (χ4n) is 1.15. The Bertz CT molecular complexity index is 503. The van der Waals surface area contributed by atoms with E-state index in [1.54, 1.807) is 18.2 Å². The molecule has 0 aliphatic rings. The van der Waals surface area contributed by atoms with Crippen molar-refractivity contribution in [2.45, 2.75) is 0 Å². The van der Waals surface area contributed by atoms with Gasteiger partial charge in [-0.05, 0) is 24.1 Å². The number of carbonyl (C=O) groups is 1. The minimum Gasteiger partial charge on any atom is -0.495 e. The van der Waals surface area contributed by atoms with Gasteiger partial charge in [0.05, 0.1) is 25.3 Å². The molecule has 0 spiro atoms. The summed E-state index contributed by atoms with van der Waals surface area (Å²) in [5.41, 5.74) is 0.845. The predicted octanol–water partition coefficient (Wildman–Crippen LogP) is 1.36. The van der Waals surface area contributed by atoms with Crippen LogP contribution in [0.1, 0.15) is 15.9 Å². The highest BCUT2D eigenvalue weighted by Crippen LogP contribution is 2.19. The number of hydrogen-bond donors (Lipinski definition) is 0. The van der Waals surface area contributed by atoms with E-state index in [0.29, 0.717) is 16.9 Å². The summed E-state index contributed by atoms with van der Waals surface area (Å²) < 4.78 is 9.62. The van der Waals surface area contributed by atoms with Gasteiger partial charge in [0.1, 0.15) is 5.75 Å². The molecule has 1 rings (SSSR count). The van der Waals surface area contributed by atoms with Crippen LogP contribution in [-0.4, -0.2) is 20.2 Å². The van der Waals surface area contributed by atoms with Gasteiger partial charge in [0.25, 0.3) is 0 Å². The summed E-state index contributed by atoms with van der Waals surface area (Å²) in [5, 5.41) is 8.36. The maximum atomic E-state index is 11.3. The maximum Gasteiger partial charge on any atom is 0.337 e. The van der Waals surface area contributed by atoms with E-state index in [1.807, 2.05) is 0 Å². The van der Waals surface area contributed by atoms with Gasteiger partial charge in [0.15, 0.2) is 6.07 Å². The van der Waals surface area contributed by atoms with E-state index in [0.717, 1.165) is 0 Å². The highest BCUT2D eigenvalue weighted by atomic mass is 16.5. The Morgan fingerprint density at radius 3 is 2.69 bits per heavy atom. The second-order valence-corrected chi connectivity index (χ2v) is 2.77. The number of nitriles is 1. The van der Waals surface area contributed by atoms with Crippen molar-refractivity contribution in [2.24, 2.45) is 0 Å².